The highest BCUT2D eigenvalue weighted by Gasteiger charge is 2.40. The van der Waals surface area contributed by atoms with E-state index in [0.717, 1.165) is 11.3 Å². The molecule has 1 fully saturated rings. The minimum atomic E-state index is -0.821. The second kappa shape index (κ2) is 6.57. The fourth-order valence-corrected chi connectivity index (χ4v) is 2.96. The molecule has 6 nitrogen and oxygen atoms in total. The number of carbonyl (C=O) groups excluding carboxylic acids is 1. The zero-order valence-corrected chi connectivity index (χ0v) is 14.7. The summed E-state index contributed by atoms with van der Waals surface area (Å²) in [6, 6.07) is 8.99. The molecular formula is C18H17ClFN5O. The van der Waals surface area contributed by atoms with Gasteiger partial charge in [-0.15, -0.1) is 0 Å². The average Bonchev–Trinajstić information content (AvgIpc) is 3.05. The molecule has 1 saturated carbocycles. The third-order valence-electron chi connectivity index (χ3n) is 4.52. The minimum absolute atomic E-state index is 0.148. The van der Waals surface area contributed by atoms with Crippen molar-refractivity contribution in [2.75, 3.05) is 5.32 Å². The highest BCUT2D eigenvalue weighted by Crippen LogP contribution is 2.43. The van der Waals surface area contributed by atoms with Gasteiger partial charge in [-0.05, 0) is 31.5 Å². The summed E-state index contributed by atoms with van der Waals surface area (Å²) in [5.41, 5.74) is 2.24. The van der Waals surface area contributed by atoms with E-state index in [1.807, 2.05) is 12.1 Å². The van der Waals surface area contributed by atoms with Crippen LogP contribution in [0.3, 0.4) is 0 Å². The van der Waals surface area contributed by atoms with E-state index in [2.05, 4.69) is 20.6 Å². The number of H-pyrrole nitrogens is 1. The molecule has 0 unspecified atom stereocenters. The molecule has 3 aromatic rings. The standard InChI is InChI=1S/C18H17ClFN5O/c1-10(11-8-21-25(9-11)13-4-2-3-12(19)5-13)18(26)22-17-7-16(23-24-17)14-6-15(14)20/h2-5,7-10,14-15H,6H2,1H3,(H2,22,23,24,26)/t10-,14+,15+/m0/s1. The molecule has 1 amide bonds. The normalized spacial score (nSPS) is 20.0. The molecule has 0 radical (unpaired) electrons. The highest BCUT2D eigenvalue weighted by atomic mass is 35.5. The lowest BCUT2D eigenvalue weighted by molar-refractivity contribution is -0.117. The zero-order chi connectivity index (χ0) is 18.3. The average molecular weight is 374 g/mol. The Kier molecular flexibility index (Phi) is 4.24. The monoisotopic (exact) mass is 373 g/mol. The number of hydrogen-bond acceptors (Lipinski definition) is 3. The SMILES string of the molecule is C[C@H](C(=O)Nc1cc([C@@H]2C[C@H]2F)n[nH]1)c1cnn(-c2cccc(Cl)c2)c1. The van der Waals surface area contributed by atoms with Crippen molar-refractivity contribution in [2.45, 2.75) is 31.4 Å². The van der Waals surface area contributed by atoms with Gasteiger partial charge in [-0.25, -0.2) is 9.07 Å². The second-order valence-electron chi connectivity index (χ2n) is 6.47. The van der Waals surface area contributed by atoms with Gasteiger partial charge >= 0.3 is 0 Å². The molecule has 2 heterocycles. The Bertz CT molecular complexity index is 952. The molecule has 0 bridgehead atoms. The largest absolute Gasteiger partial charge is 0.311 e. The van der Waals surface area contributed by atoms with E-state index in [1.165, 1.54) is 0 Å². The Morgan fingerprint density at radius 2 is 2.27 bits per heavy atom. The van der Waals surface area contributed by atoms with Gasteiger partial charge in [0.1, 0.15) is 12.0 Å². The number of benzene rings is 1. The van der Waals surface area contributed by atoms with Crippen molar-refractivity contribution in [3.05, 3.63) is 59.0 Å². The number of carbonyl (C=O) groups is 1. The van der Waals surface area contributed by atoms with E-state index in [0.29, 0.717) is 23.0 Å². The lowest BCUT2D eigenvalue weighted by atomic mass is 10.0. The molecule has 8 heteroatoms. The second-order valence-corrected chi connectivity index (χ2v) is 6.91. The Morgan fingerprint density at radius 3 is 3.00 bits per heavy atom. The molecule has 2 aromatic heterocycles. The molecule has 3 atom stereocenters. The molecule has 4 rings (SSSR count). The minimum Gasteiger partial charge on any atom is -0.311 e. The van der Waals surface area contributed by atoms with Gasteiger partial charge in [-0.3, -0.25) is 9.89 Å². The van der Waals surface area contributed by atoms with E-state index in [4.69, 9.17) is 11.6 Å². The molecule has 0 spiro atoms. The summed E-state index contributed by atoms with van der Waals surface area (Å²) in [4.78, 5) is 12.5. The van der Waals surface area contributed by atoms with Crippen LogP contribution in [0.15, 0.2) is 42.7 Å². The van der Waals surface area contributed by atoms with Gasteiger partial charge in [0.05, 0.1) is 23.5 Å². The number of hydrogen-bond donors (Lipinski definition) is 2. The Hall–Kier alpha value is -2.67. The summed E-state index contributed by atoms with van der Waals surface area (Å²) in [5.74, 6) is -0.286. The molecule has 134 valence electrons. The van der Waals surface area contributed by atoms with Crippen LogP contribution in [0.1, 0.15) is 36.4 Å². The predicted octanol–water partition coefficient (Wildman–Crippen LogP) is 3.82. The first-order chi connectivity index (χ1) is 12.5. The fraction of sp³-hybridized carbons (Fsp3) is 0.278. The number of halogens is 2. The van der Waals surface area contributed by atoms with E-state index >= 15 is 0 Å². The first kappa shape index (κ1) is 16.8. The number of nitrogens with one attached hydrogen (secondary N) is 2. The lowest BCUT2D eigenvalue weighted by Gasteiger charge is -2.08. The number of anilines is 1. The number of aromatic nitrogens is 4. The summed E-state index contributed by atoms with van der Waals surface area (Å²) in [6.07, 6.45) is 3.13. The Balaban J connectivity index is 1.44. The van der Waals surface area contributed by atoms with Gasteiger partial charge in [0.25, 0.3) is 0 Å². The van der Waals surface area contributed by atoms with Crippen LogP contribution in [0.2, 0.25) is 5.02 Å². The molecule has 1 aliphatic rings. The van der Waals surface area contributed by atoms with E-state index in [9.17, 15) is 9.18 Å². The predicted molar refractivity (Wildman–Crippen MR) is 96.5 cm³/mol. The Morgan fingerprint density at radius 1 is 1.46 bits per heavy atom. The van der Waals surface area contributed by atoms with E-state index < -0.39 is 12.1 Å². The van der Waals surface area contributed by atoms with Crippen LogP contribution in [0.5, 0.6) is 0 Å². The number of nitrogens with zero attached hydrogens (tertiary/aromatic N) is 3. The van der Waals surface area contributed by atoms with Gasteiger partial charge in [0.2, 0.25) is 5.91 Å². The lowest BCUT2D eigenvalue weighted by Crippen LogP contribution is -2.18. The van der Waals surface area contributed by atoms with Crippen LogP contribution in [-0.4, -0.2) is 32.1 Å². The van der Waals surface area contributed by atoms with Crippen LogP contribution in [0.4, 0.5) is 10.2 Å². The maximum atomic E-state index is 13.1. The molecule has 1 aromatic carbocycles. The first-order valence-corrected chi connectivity index (χ1v) is 8.70. The molecule has 26 heavy (non-hydrogen) atoms. The van der Waals surface area contributed by atoms with Crippen LogP contribution < -0.4 is 5.32 Å². The Labute approximate surface area is 154 Å². The van der Waals surface area contributed by atoms with E-state index in [1.54, 1.807) is 42.2 Å². The topological polar surface area (TPSA) is 75.6 Å². The molecular weight excluding hydrogens is 357 g/mol. The first-order valence-electron chi connectivity index (χ1n) is 8.32. The number of aromatic amines is 1. The quantitative estimate of drug-likeness (QED) is 0.714. The summed E-state index contributed by atoms with van der Waals surface area (Å²) < 4.78 is 14.8. The van der Waals surface area contributed by atoms with Crippen molar-refractivity contribution in [1.82, 2.24) is 20.0 Å². The summed E-state index contributed by atoms with van der Waals surface area (Å²) in [7, 11) is 0. The maximum absolute atomic E-state index is 13.1. The third-order valence-corrected chi connectivity index (χ3v) is 4.75. The van der Waals surface area contributed by atoms with Crippen LogP contribution >= 0.6 is 11.6 Å². The summed E-state index contributed by atoms with van der Waals surface area (Å²) in [6.45, 7) is 1.80. The van der Waals surface area contributed by atoms with Crippen molar-refractivity contribution in [1.29, 1.82) is 0 Å². The number of amides is 1. The van der Waals surface area contributed by atoms with Crippen LogP contribution in [0, 0.1) is 0 Å². The third kappa shape index (κ3) is 3.35. The van der Waals surface area contributed by atoms with Crippen LogP contribution in [0.25, 0.3) is 5.69 Å². The molecule has 1 aliphatic carbocycles. The maximum Gasteiger partial charge on any atom is 0.232 e. The summed E-state index contributed by atoms with van der Waals surface area (Å²) in [5, 5.41) is 14.5. The van der Waals surface area contributed by atoms with Crippen molar-refractivity contribution in [2.24, 2.45) is 0 Å². The number of alkyl halides is 1. The molecule has 2 N–H and O–H groups in total. The smallest absolute Gasteiger partial charge is 0.232 e. The van der Waals surface area contributed by atoms with Crippen molar-refractivity contribution in [3.63, 3.8) is 0 Å². The van der Waals surface area contributed by atoms with Gasteiger partial charge in [0.15, 0.2) is 0 Å². The zero-order valence-electron chi connectivity index (χ0n) is 14.0. The van der Waals surface area contributed by atoms with Gasteiger partial charge in [-0.2, -0.15) is 10.2 Å². The van der Waals surface area contributed by atoms with Crippen LogP contribution in [-0.2, 0) is 4.79 Å². The fourth-order valence-electron chi connectivity index (χ4n) is 2.77. The molecule has 0 saturated heterocycles. The van der Waals surface area contributed by atoms with Gasteiger partial charge in [0, 0.05) is 28.8 Å². The summed E-state index contributed by atoms with van der Waals surface area (Å²) >= 11 is 6.00. The number of rotatable bonds is 5. The molecule has 0 aliphatic heterocycles. The van der Waals surface area contributed by atoms with Crippen molar-refractivity contribution < 1.29 is 9.18 Å². The van der Waals surface area contributed by atoms with Crippen molar-refractivity contribution >= 4 is 23.3 Å². The highest BCUT2D eigenvalue weighted by molar-refractivity contribution is 6.30. The van der Waals surface area contributed by atoms with E-state index in [-0.39, 0.29) is 11.8 Å². The van der Waals surface area contributed by atoms with Gasteiger partial charge < -0.3 is 5.32 Å². The van der Waals surface area contributed by atoms with Crippen molar-refractivity contribution in [3.8, 4) is 5.69 Å². The van der Waals surface area contributed by atoms with Gasteiger partial charge in [-0.1, -0.05) is 17.7 Å².